The Morgan fingerprint density at radius 2 is 1.88 bits per heavy atom. The van der Waals surface area contributed by atoms with Gasteiger partial charge in [-0.1, -0.05) is 43.0 Å². The van der Waals surface area contributed by atoms with Gasteiger partial charge in [-0.15, -0.1) is 11.3 Å². The van der Waals surface area contributed by atoms with E-state index in [1.807, 2.05) is 47.8 Å². The van der Waals surface area contributed by atoms with Gasteiger partial charge in [-0.25, -0.2) is 13.1 Å². The molecule has 0 spiro atoms. The van der Waals surface area contributed by atoms with E-state index >= 15 is 0 Å². The number of hydrogen-bond acceptors (Lipinski definition) is 5. The largest absolute Gasteiger partial charge is 0.348 e. The highest BCUT2D eigenvalue weighted by atomic mass is 32.2. The Balaban J connectivity index is 1.67. The van der Waals surface area contributed by atoms with Gasteiger partial charge in [0.05, 0.1) is 15.5 Å². The minimum absolute atomic E-state index is 0.0846. The summed E-state index contributed by atoms with van der Waals surface area (Å²) in [5, 5.41) is 9.20. The number of nitrogens with one attached hydrogen (secondary N) is 2. The molecule has 0 aliphatic heterocycles. The number of benzene rings is 2. The van der Waals surface area contributed by atoms with Gasteiger partial charge in [0.25, 0.3) is 10.0 Å². The van der Waals surface area contributed by atoms with Crippen molar-refractivity contribution in [2.24, 2.45) is 0 Å². The molecule has 0 radical (unpaired) electrons. The van der Waals surface area contributed by atoms with Crippen LogP contribution in [0.2, 0.25) is 0 Å². The highest BCUT2D eigenvalue weighted by Crippen LogP contribution is 2.29. The quantitative estimate of drug-likeness (QED) is 0.382. The predicted molar refractivity (Wildman–Crippen MR) is 126 cm³/mol. The highest BCUT2D eigenvalue weighted by molar-refractivity contribution is 7.92. The lowest BCUT2D eigenvalue weighted by Gasteiger charge is -2.11. The molecule has 9 heteroatoms. The van der Waals surface area contributed by atoms with Crippen molar-refractivity contribution in [1.29, 1.82) is 0 Å². The van der Waals surface area contributed by atoms with E-state index in [0.29, 0.717) is 17.1 Å². The van der Waals surface area contributed by atoms with Crippen LogP contribution >= 0.6 is 11.3 Å². The second-order valence-corrected chi connectivity index (χ2v) is 9.44. The molecule has 2 N–H and O–H groups in total. The number of para-hydroxylation sites is 1. The second-order valence-electron chi connectivity index (χ2n) is 6.81. The molecule has 32 heavy (non-hydrogen) atoms. The van der Waals surface area contributed by atoms with Crippen LogP contribution < -0.4 is 10.0 Å². The van der Waals surface area contributed by atoms with Gasteiger partial charge < -0.3 is 5.32 Å². The smallest absolute Gasteiger partial charge is 0.263 e. The number of anilines is 1. The van der Waals surface area contributed by atoms with Crippen LogP contribution in [0.1, 0.15) is 5.56 Å². The molecule has 0 fully saturated rings. The molecular weight excluding hydrogens is 444 g/mol. The predicted octanol–water partition coefficient (Wildman–Crippen LogP) is 4.20. The highest BCUT2D eigenvalue weighted by Gasteiger charge is 2.20. The number of carbonyl (C=O) groups is 1. The summed E-state index contributed by atoms with van der Waals surface area (Å²) in [7, 11) is -3.91. The molecule has 0 unspecified atom stereocenters. The van der Waals surface area contributed by atoms with Crippen molar-refractivity contribution in [3.63, 3.8) is 0 Å². The lowest BCUT2D eigenvalue weighted by molar-refractivity contribution is -0.116. The van der Waals surface area contributed by atoms with E-state index in [1.165, 1.54) is 23.5 Å². The summed E-state index contributed by atoms with van der Waals surface area (Å²) in [6, 6.07) is 21.3. The molecule has 0 aliphatic carbocycles. The lowest BCUT2D eigenvalue weighted by Crippen LogP contribution is -2.20. The molecule has 4 aromatic rings. The molecule has 0 saturated carbocycles. The summed E-state index contributed by atoms with van der Waals surface area (Å²) in [4.78, 5) is 12.4. The van der Waals surface area contributed by atoms with Crippen molar-refractivity contribution in [3.05, 3.63) is 96.4 Å². The number of thiophene rings is 1. The molecule has 2 aromatic carbocycles. The third-order valence-corrected chi connectivity index (χ3v) is 6.83. The molecule has 4 rings (SSSR count). The van der Waals surface area contributed by atoms with Gasteiger partial charge in [-0.2, -0.15) is 5.10 Å². The molecule has 7 nitrogen and oxygen atoms in total. The molecule has 0 bridgehead atoms. The monoisotopic (exact) mass is 464 g/mol. The molecule has 2 heterocycles. The van der Waals surface area contributed by atoms with Crippen LogP contribution in [-0.4, -0.2) is 24.1 Å². The average molecular weight is 465 g/mol. The maximum Gasteiger partial charge on any atom is 0.263 e. The van der Waals surface area contributed by atoms with Crippen molar-refractivity contribution in [2.75, 3.05) is 4.72 Å². The summed E-state index contributed by atoms with van der Waals surface area (Å²) in [6.45, 7) is 3.60. The van der Waals surface area contributed by atoms with Crippen molar-refractivity contribution in [1.82, 2.24) is 15.1 Å². The van der Waals surface area contributed by atoms with E-state index in [2.05, 4.69) is 21.7 Å². The van der Waals surface area contributed by atoms with Crippen LogP contribution in [0.15, 0.2) is 95.7 Å². The minimum atomic E-state index is -3.91. The van der Waals surface area contributed by atoms with Gasteiger partial charge >= 0.3 is 0 Å². The van der Waals surface area contributed by atoms with Gasteiger partial charge in [-0.05, 0) is 47.4 Å². The van der Waals surface area contributed by atoms with E-state index in [-0.39, 0.29) is 17.3 Å². The van der Waals surface area contributed by atoms with E-state index in [1.54, 1.807) is 22.9 Å². The molecular formula is C23H20N4O3S2. The SMILES string of the molecule is C=CC(=O)NCc1cccc(S(=O)(=O)Nc2cc(-c3cccs3)nn2-c2ccccc2)c1. The van der Waals surface area contributed by atoms with Crippen molar-refractivity contribution < 1.29 is 13.2 Å². The number of rotatable bonds is 8. The third-order valence-electron chi connectivity index (χ3n) is 4.58. The first-order valence-corrected chi connectivity index (χ1v) is 12.0. The Hall–Kier alpha value is -3.69. The van der Waals surface area contributed by atoms with E-state index in [4.69, 9.17) is 0 Å². The Morgan fingerprint density at radius 1 is 1.06 bits per heavy atom. The van der Waals surface area contributed by atoms with Gasteiger partial charge in [-0.3, -0.25) is 9.52 Å². The van der Waals surface area contributed by atoms with Crippen LogP contribution in [0.3, 0.4) is 0 Å². The molecule has 2 aromatic heterocycles. The summed E-state index contributed by atoms with van der Waals surface area (Å²) >= 11 is 1.52. The summed E-state index contributed by atoms with van der Waals surface area (Å²) in [5.74, 6) is -0.00535. The molecule has 0 aliphatic rings. The fourth-order valence-electron chi connectivity index (χ4n) is 3.05. The first kappa shape index (κ1) is 21.5. The zero-order chi connectivity index (χ0) is 22.6. The maximum absolute atomic E-state index is 13.2. The standard InChI is InChI=1S/C23H20N4O3S2/c1-2-23(28)24-16-17-8-6-11-19(14-17)32(29,30)26-22-15-20(21-12-7-13-31-21)25-27(22)18-9-4-3-5-10-18/h2-15,26H,1,16H2,(H,24,28). The van der Waals surface area contributed by atoms with Crippen molar-refractivity contribution in [3.8, 4) is 16.3 Å². The number of sulfonamides is 1. The van der Waals surface area contributed by atoms with E-state index in [9.17, 15) is 13.2 Å². The fourth-order valence-corrected chi connectivity index (χ4v) is 4.83. The maximum atomic E-state index is 13.2. The lowest BCUT2D eigenvalue weighted by atomic mass is 10.2. The van der Waals surface area contributed by atoms with Gasteiger partial charge in [0.1, 0.15) is 11.5 Å². The van der Waals surface area contributed by atoms with Crippen LogP contribution in [0.4, 0.5) is 5.82 Å². The molecule has 162 valence electrons. The second kappa shape index (κ2) is 9.21. The Kier molecular flexibility index (Phi) is 6.20. The zero-order valence-corrected chi connectivity index (χ0v) is 18.6. The number of carbonyl (C=O) groups excluding carboxylic acids is 1. The normalized spacial score (nSPS) is 11.1. The van der Waals surface area contributed by atoms with Crippen molar-refractivity contribution >= 4 is 33.1 Å². The van der Waals surface area contributed by atoms with E-state index < -0.39 is 10.0 Å². The van der Waals surface area contributed by atoms with Gasteiger partial charge in [0, 0.05) is 12.6 Å². The fraction of sp³-hybridized carbons (Fsp3) is 0.0435. The van der Waals surface area contributed by atoms with E-state index in [0.717, 1.165) is 16.6 Å². The number of hydrogen-bond donors (Lipinski definition) is 2. The average Bonchev–Trinajstić information content (AvgIpc) is 3.48. The Labute approximate surface area is 190 Å². The summed E-state index contributed by atoms with van der Waals surface area (Å²) < 4.78 is 30.6. The molecule has 0 atom stereocenters. The Bertz CT molecular complexity index is 1350. The van der Waals surface area contributed by atoms with Crippen molar-refractivity contribution in [2.45, 2.75) is 11.4 Å². The number of aromatic nitrogens is 2. The van der Waals surface area contributed by atoms with Crippen LogP contribution in [0.25, 0.3) is 16.3 Å². The molecule has 1 amide bonds. The van der Waals surface area contributed by atoms with Gasteiger partial charge in [0.2, 0.25) is 5.91 Å². The first-order valence-electron chi connectivity index (χ1n) is 9.68. The third kappa shape index (κ3) is 4.79. The summed E-state index contributed by atoms with van der Waals surface area (Å²) in [6.07, 6.45) is 1.16. The summed E-state index contributed by atoms with van der Waals surface area (Å²) in [5.41, 5.74) is 2.05. The zero-order valence-electron chi connectivity index (χ0n) is 16.9. The Morgan fingerprint density at radius 3 is 2.59 bits per heavy atom. The topological polar surface area (TPSA) is 93.1 Å². The van der Waals surface area contributed by atoms with Crippen LogP contribution in [0.5, 0.6) is 0 Å². The van der Waals surface area contributed by atoms with Gasteiger partial charge in [0.15, 0.2) is 0 Å². The first-order chi connectivity index (χ1) is 15.5. The van der Waals surface area contributed by atoms with Crippen LogP contribution in [-0.2, 0) is 21.4 Å². The van der Waals surface area contributed by atoms with Crippen LogP contribution in [0, 0.1) is 0 Å². The number of nitrogens with zero attached hydrogens (tertiary/aromatic N) is 2. The number of amides is 1. The minimum Gasteiger partial charge on any atom is -0.348 e. The molecule has 0 saturated heterocycles.